The molecule has 2 atom stereocenters. The summed E-state index contributed by atoms with van der Waals surface area (Å²) >= 11 is 0. The van der Waals surface area contributed by atoms with E-state index in [1.165, 1.54) is 20.0 Å². The topological polar surface area (TPSA) is 104 Å². The summed E-state index contributed by atoms with van der Waals surface area (Å²) in [4.78, 5) is 25.5. The number of hydrogen-bond donors (Lipinski definition) is 2. The van der Waals surface area contributed by atoms with Crippen LogP contribution in [0.2, 0.25) is 0 Å². The number of likely N-dealkylation sites (tertiary alicyclic amines) is 1. The molecule has 7 nitrogen and oxygen atoms in total. The molecule has 1 aliphatic heterocycles. The van der Waals surface area contributed by atoms with Gasteiger partial charge in [-0.2, -0.15) is 8.42 Å². The van der Waals surface area contributed by atoms with Gasteiger partial charge >= 0.3 is 0 Å². The lowest BCUT2D eigenvalue weighted by Crippen LogP contribution is -2.47. The molecule has 1 rings (SSSR count). The highest BCUT2D eigenvalue weighted by Crippen LogP contribution is 2.20. The maximum absolute atomic E-state index is 12.1. The van der Waals surface area contributed by atoms with Crippen LogP contribution in [0, 0.1) is 5.92 Å². The summed E-state index contributed by atoms with van der Waals surface area (Å²) in [6, 6.07) is -0.836. The monoisotopic (exact) mass is 316 g/mol. The Morgan fingerprint density at radius 2 is 2.10 bits per heavy atom. The first-order chi connectivity index (χ1) is 9.59. The average Bonchev–Trinajstić information content (AvgIpc) is 2.73. The highest BCUT2D eigenvalue weighted by Gasteiger charge is 2.37. The van der Waals surface area contributed by atoms with E-state index >= 15 is 0 Å². The molecule has 1 fully saturated rings. The Labute approximate surface area is 124 Å². The minimum Gasteiger partial charge on any atom is -0.364 e. The number of hydrogen-bond acceptors (Lipinski definition) is 5. The molecule has 8 heteroatoms. The van der Waals surface area contributed by atoms with Crippen LogP contribution >= 0.6 is 0 Å². The third-order valence-corrected chi connectivity index (χ3v) is 4.61. The molecular weight excluding hydrogens is 296 g/mol. The van der Waals surface area contributed by atoms with Crippen molar-refractivity contribution in [2.45, 2.75) is 31.7 Å². The van der Waals surface area contributed by atoms with Crippen LogP contribution in [0.15, 0.2) is 24.9 Å². The Balaban J connectivity index is 2.90. The lowest BCUT2D eigenvalue weighted by molar-refractivity contribution is -0.123. The van der Waals surface area contributed by atoms with Crippen molar-refractivity contribution in [1.82, 2.24) is 10.2 Å². The Hall–Kier alpha value is -1.67. The zero-order valence-corrected chi connectivity index (χ0v) is 12.9. The summed E-state index contributed by atoms with van der Waals surface area (Å²) < 4.78 is 31.6. The molecule has 0 radical (unpaired) electrons. The van der Waals surface area contributed by atoms with Gasteiger partial charge in [-0.3, -0.25) is 14.1 Å². The second kappa shape index (κ2) is 6.40. The van der Waals surface area contributed by atoms with Crippen molar-refractivity contribution in [3.63, 3.8) is 0 Å². The molecule has 21 heavy (non-hydrogen) atoms. The fraction of sp³-hybridized carbons (Fsp3) is 0.538. The zero-order valence-electron chi connectivity index (χ0n) is 12.1. The van der Waals surface area contributed by atoms with Crippen LogP contribution in [0.1, 0.15) is 20.3 Å². The van der Waals surface area contributed by atoms with E-state index < -0.39 is 33.4 Å². The standard InChI is InChI=1S/C13H20N2O5S/c1-5-15-7-6-10(16)11(15)9(4)12(17)14-13(8(2)3)21(18,19)20/h5,8,11,13H,1,4,6-7H2,2-3H3,(H,14,17)(H,18,19,20). The first kappa shape index (κ1) is 17.4. The third-order valence-electron chi connectivity index (χ3n) is 3.31. The Kier molecular flexibility index (Phi) is 5.30. The van der Waals surface area contributed by atoms with Crippen LogP contribution in [-0.4, -0.2) is 47.5 Å². The highest BCUT2D eigenvalue weighted by molar-refractivity contribution is 7.86. The smallest absolute Gasteiger partial charge is 0.286 e. The molecular formula is C13H20N2O5S. The summed E-state index contributed by atoms with van der Waals surface area (Å²) in [6.07, 6.45) is 1.71. The summed E-state index contributed by atoms with van der Waals surface area (Å²) in [7, 11) is -4.44. The molecule has 1 heterocycles. The first-order valence-electron chi connectivity index (χ1n) is 6.46. The van der Waals surface area contributed by atoms with Crippen molar-refractivity contribution in [3.05, 3.63) is 24.9 Å². The van der Waals surface area contributed by atoms with E-state index in [2.05, 4.69) is 18.5 Å². The lowest BCUT2D eigenvalue weighted by atomic mass is 10.0. The van der Waals surface area contributed by atoms with Crippen LogP contribution < -0.4 is 5.32 Å². The van der Waals surface area contributed by atoms with Gasteiger partial charge in [0.15, 0.2) is 11.2 Å². The van der Waals surface area contributed by atoms with Crippen LogP contribution in [0.3, 0.4) is 0 Å². The molecule has 1 amide bonds. The van der Waals surface area contributed by atoms with Crippen LogP contribution in [0.5, 0.6) is 0 Å². The predicted octanol–water partition coefficient (Wildman–Crippen LogP) is 0.316. The lowest BCUT2D eigenvalue weighted by Gasteiger charge is -2.25. The Morgan fingerprint density at radius 3 is 2.52 bits per heavy atom. The molecule has 1 saturated heterocycles. The minimum absolute atomic E-state index is 0.0632. The van der Waals surface area contributed by atoms with Gasteiger partial charge in [0, 0.05) is 18.5 Å². The maximum atomic E-state index is 12.1. The second-order valence-corrected chi connectivity index (χ2v) is 6.76. The van der Waals surface area contributed by atoms with Crippen molar-refractivity contribution in [1.29, 1.82) is 0 Å². The number of rotatable bonds is 6. The van der Waals surface area contributed by atoms with Gasteiger partial charge in [-0.1, -0.05) is 27.0 Å². The Morgan fingerprint density at radius 1 is 1.52 bits per heavy atom. The summed E-state index contributed by atoms with van der Waals surface area (Å²) in [5.41, 5.74) is -0.0632. The molecule has 118 valence electrons. The van der Waals surface area contributed by atoms with Crippen molar-refractivity contribution < 1.29 is 22.6 Å². The van der Waals surface area contributed by atoms with Crippen molar-refractivity contribution >= 4 is 21.8 Å². The van der Waals surface area contributed by atoms with Gasteiger partial charge in [-0.15, -0.1) is 0 Å². The number of nitrogens with zero attached hydrogens (tertiary/aromatic N) is 1. The van der Waals surface area contributed by atoms with Gasteiger partial charge in [-0.25, -0.2) is 0 Å². The summed E-state index contributed by atoms with van der Waals surface area (Å²) in [6.45, 7) is 10.7. The van der Waals surface area contributed by atoms with E-state index in [1.807, 2.05) is 0 Å². The number of nitrogens with one attached hydrogen (secondary N) is 1. The van der Waals surface area contributed by atoms with Crippen LogP contribution in [0.4, 0.5) is 0 Å². The van der Waals surface area contributed by atoms with Crippen LogP contribution in [-0.2, 0) is 19.7 Å². The minimum atomic E-state index is -4.44. The molecule has 1 aliphatic rings. The van der Waals surface area contributed by atoms with E-state index in [-0.39, 0.29) is 17.8 Å². The van der Waals surface area contributed by atoms with Crippen molar-refractivity contribution in [2.24, 2.45) is 5.92 Å². The fourth-order valence-electron chi connectivity index (χ4n) is 2.21. The van der Waals surface area contributed by atoms with Crippen molar-refractivity contribution in [3.8, 4) is 0 Å². The Bertz CT molecular complexity index is 567. The van der Waals surface area contributed by atoms with E-state index in [0.29, 0.717) is 6.54 Å². The molecule has 0 aromatic rings. The van der Waals surface area contributed by atoms with E-state index in [0.717, 1.165) is 0 Å². The first-order valence-corrected chi connectivity index (χ1v) is 7.97. The predicted molar refractivity (Wildman–Crippen MR) is 77.8 cm³/mol. The van der Waals surface area contributed by atoms with E-state index in [4.69, 9.17) is 4.55 Å². The number of amides is 1. The van der Waals surface area contributed by atoms with Gasteiger partial charge in [0.05, 0.1) is 0 Å². The molecule has 2 unspecified atom stereocenters. The number of carbonyl (C=O) groups excluding carboxylic acids is 2. The molecule has 0 aromatic carbocycles. The molecule has 0 aromatic heterocycles. The molecule has 0 saturated carbocycles. The quantitative estimate of drug-likeness (QED) is 0.540. The second-order valence-electron chi connectivity index (χ2n) is 5.22. The molecule has 2 N–H and O–H groups in total. The van der Waals surface area contributed by atoms with Crippen LogP contribution in [0.25, 0.3) is 0 Å². The average molecular weight is 316 g/mol. The zero-order chi connectivity index (χ0) is 16.4. The largest absolute Gasteiger partial charge is 0.364 e. The molecule has 0 spiro atoms. The van der Waals surface area contributed by atoms with E-state index in [9.17, 15) is 18.0 Å². The summed E-state index contributed by atoms with van der Waals surface area (Å²) in [5, 5.41) is 0.760. The third kappa shape index (κ3) is 3.92. The number of Topliss-reactive ketones (excluding diaryl/α,β-unsaturated/α-hetero) is 1. The van der Waals surface area contributed by atoms with Gasteiger partial charge in [-0.05, 0) is 12.1 Å². The van der Waals surface area contributed by atoms with Gasteiger partial charge in [0.25, 0.3) is 10.1 Å². The SMILES string of the molecule is C=CN1CCC(=O)C1C(=C)C(=O)NC(C(C)C)S(=O)(=O)O. The van der Waals surface area contributed by atoms with E-state index in [1.54, 1.807) is 4.90 Å². The molecule has 0 aliphatic carbocycles. The maximum Gasteiger partial charge on any atom is 0.286 e. The fourth-order valence-corrected chi connectivity index (χ4v) is 3.16. The van der Waals surface area contributed by atoms with Gasteiger partial charge in [0.1, 0.15) is 6.04 Å². The number of ketones is 1. The van der Waals surface area contributed by atoms with Crippen molar-refractivity contribution in [2.75, 3.05) is 6.54 Å². The molecule has 0 bridgehead atoms. The highest BCUT2D eigenvalue weighted by atomic mass is 32.2. The summed E-state index contributed by atoms with van der Waals surface area (Å²) in [5.74, 6) is -1.49. The van der Waals surface area contributed by atoms with Gasteiger partial charge < -0.3 is 10.2 Å². The van der Waals surface area contributed by atoms with Gasteiger partial charge in [0.2, 0.25) is 5.91 Å². The normalized spacial score (nSPS) is 20.5. The number of carbonyl (C=O) groups is 2.